The van der Waals surface area contributed by atoms with Gasteiger partial charge in [0.1, 0.15) is 6.61 Å². The largest absolute Gasteiger partial charge is 0.493 e. The molecule has 4 aromatic rings. The van der Waals surface area contributed by atoms with Crippen LogP contribution in [-0.2, 0) is 22.6 Å². The van der Waals surface area contributed by atoms with Crippen LogP contribution in [0.5, 0.6) is 23.0 Å². The molecule has 0 N–H and O–H groups in total. The topological polar surface area (TPSA) is 97.6 Å². The van der Waals surface area contributed by atoms with Gasteiger partial charge in [-0.2, -0.15) is 0 Å². The van der Waals surface area contributed by atoms with E-state index in [1.54, 1.807) is 43.7 Å². The molecule has 49 heavy (non-hydrogen) atoms. The molecular formula is C38H39ClN2O7S. The number of carbonyl (C=O) groups excluding carboxylic acids is 1. The standard InChI is InChI=1S/C38H39ClN2O7S/c1-7-11-27-18-25(19-31(46-9-3)35(27)48-22-24-12-15-28(39)16-13-24)20-32-36(42)41-34(26-14-17-29(44-6)30(21-26)45-8-2)33(37(43)47-10-4)23(5)40-38(41)49-32/h7,12-21,34H,1,8-11,22H2,2-6H3/b32-20+/t34-/m1/s1. The molecule has 256 valence electrons. The third-order valence-corrected chi connectivity index (χ3v) is 8.97. The number of ether oxygens (including phenoxy) is 5. The second-order valence-electron chi connectivity index (χ2n) is 11.0. The highest BCUT2D eigenvalue weighted by molar-refractivity contribution is 7.07. The molecule has 1 aromatic heterocycles. The van der Waals surface area contributed by atoms with Gasteiger partial charge in [-0.15, -0.1) is 6.58 Å². The maximum Gasteiger partial charge on any atom is 0.338 e. The van der Waals surface area contributed by atoms with Crippen LogP contribution in [0.4, 0.5) is 0 Å². The molecule has 0 spiro atoms. The van der Waals surface area contributed by atoms with Gasteiger partial charge in [0.2, 0.25) is 0 Å². The highest BCUT2D eigenvalue weighted by Gasteiger charge is 2.34. The SMILES string of the molecule is C=CCc1cc(/C=c2/sc3n(c2=O)[C@H](c2ccc(OC)c(OCC)c2)C(C(=O)OCC)=C(C)N=3)cc(OCC)c1OCc1ccc(Cl)cc1. The van der Waals surface area contributed by atoms with Crippen LogP contribution in [0.15, 0.2) is 88.3 Å². The molecule has 0 amide bonds. The fourth-order valence-electron chi connectivity index (χ4n) is 5.63. The minimum absolute atomic E-state index is 0.175. The first-order chi connectivity index (χ1) is 23.7. The lowest BCUT2D eigenvalue weighted by molar-refractivity contribution is -0.139. The first-order valence-electron chi connectivity index (χ1n) is 16.0. The van der Waals surface area contributed by atoms with Gasteiger partial charge < -0.3 is 23.7 Å². The molecule has 0 radical (unpaired) electrons. The number of hydrogen-bond donors (Lipinski definition) is 0. The minimum atomic E-state index is -0.804. The Hall–Kier alpha value is -4.80. The van der Waals surface area contributed by atoms with Crippen LogP contribution in [0.25, 0.3) is 6.08 Å². The van der Waals surface area contributed by atoms with Gasteiger partial charge in [-0.1, -0.05) is 47.2 Å². The van der Waals surface area contributed by atoms with Gasteiger partial charge in [0.15, 0.2) is 27.8 Å². The van der Waals surface area contributed by atoms with Crippen LogP contribution in [0.2, 0.25) is 5.02 Å². The molecule has 3 aromatic carbocycles. The second-order valence-corrected chi connectivity index (χ2v) is 12.4. The number of methoxy groups -OCH3 is 1. The van der Waals surface area contributed by atoms with E-state index >= 15 is 0 Å². The van der Waals surface area contributed by atoms with Crippen molar-refractivity contribution < 1.29 is 28.5 Å². The Morgan fingerprint density at radius 3 is 2.39 bits per heavy atom. The van der Waals surface area contributed by atoms with Gasteiger partial charge in [-0.3, -0.25) is 9.36 Å². The smallest absolute Gasteiger partial charge is 0.338 e. The van der Waals surface area contributed by atoms with Crippen molar-refractivity contribution in [2.24, 2.45) is 4.99 Å². The van der Waals surface area contributed by atoms with Crippen molar-refractivity contribution >= 4 is 35.0 Å². The third kappa shape index (κ3) is 7.76. The number of nitrogens with zero attached hydrogens (tertiary/aromatic N) is 2. The van der Waals surface area contributed by atoms with Crippen LogP contribution in [0.3, 0.4) is 0 Å². The zero-order valence-corrected chi connectivity index (χ0v) is 29.8. The lowest BCUT2D eigenvalue weighted by Crippen LogP contribution is -2.40. The van der Waals surface area contributed by atoms with Gasteiger partial charge in [-0.05, 0) is 93.3 Å². The highest BCUT2D eigenvalue weighted by Crippen LogP contribution is 2.37. The Morgan fingerprint density at radius 1 is 0.980 bits per heavy atom. The quantitative estimate of drug-likeness (QED) is 0.108. The van der Waals surface area contributed by atoms with Crippen molar-refractivity contribution in [2.75, 3.05) is 26.9 Å². The summed E-state index contributed by atoms with van der Waals surface area (Å²) in [6.07, 6.45) is 4.12. The highest BCUT2D eigenvalue weighted by atomic mass is 35.5. The summed E-state index contributed by atoms with van der Waals surface area (Å²) in [6.45, 7) is 12.5. The first-order valence-corrected chi connectivity index (χ1v) is 17.2. The van der Waals surface area contributed by atoms with Gasteiger partial charge >= 0.3 is 5.97 Å². The second kappa shape index (κ2) is 16.1. The van der Waals surface area contributed by atoms with Crippen LogP contribution in [-0.4, -0.2) is 37.5 Å². The summed E-state index contributed by atoms with van der Waals surface area (Å²) in [5, 5.41) is 0.651. The molecule has 1 aliphatic heterocycles. The maximum atomic E-state index is 14.3. The normalized spacial score (nSPS) is 14.2. The van der Waals surface area contributed by atoms with E-state index in [2.05, 4.69) is 6.58 Å². The molecule has 0 saturated carbocycles. The number of aromatic nitrogens is 1. The molecule has 0 bridgehead atoms. The Kier molecular flexibility index (Phi) is 11.6. The summed E-state index contributed by atoms with van der Waals surface area (Å²) < 4.78 is 31.1. The van der Waals surface area contributed by atoms with E-state index in [1.807, 2.05) is 62.4 Å². The van der Waals surface area contributed by atoms with Crippen molar-refractivity contribution in [2.45, 2.75) is 46.8 Å². The van der Waals surface area contributed by atoms with Gasteiger partial charge in [0, 0.05) is 10.6 Å². The number of hydrogen-bond acceptors (Lipinski definition) is 9. The van der Waals surface area contributed by atoms with E-state index in [-0.39, 0.29) is 17.7 Å². The van der Waals surface area contributed by atoms with Crippen LogP contribution >= 0.6 is 22.9 Å². The predicted octanol–water partition coefficient (Wildman–Crippen LogP) is 6.57. The molecule has 0 fully saturated rings. The van der Waals surface area contributed by atoms with E-state index in [0.29, 0.717) is 74.9 Å². The van der Waals surface area contributed by atoms with E-state index < -0.39 is 12.0 Å². The van der Waals surface area contributed by atoms with E-state index in [4.69, 9.17) is 40.3 Å². The summed E-state index contributed by atoms with van der Waals surface area (Å²) >= 11 is 7.30. The monoisotopic (exact) mass is 702 g/mol. The molecule has 0 saturated heterocycles. The van der Waals surface area contributed by atoms with Crippen LogP contribution in [0, 0.1) is 0 Å². The summed E-state index contributed by atoms with van der Waals surface area (Å²) in [6, 6.07) is 15.9. The number of allylic oxidation sites excluding steroid dienone is 2. The zero-order chi connectivity index (χ0) is 35.1. The minimum Gasteiger partial charge on any atom is -0.493 e. The fourth-order valence-corrected chi connectivity index (χ4v) is 6.80. The van der Waals surface area contributed by atoms with E-state index in [1.165, 1.54) is 11.3 Å². The number of halogens is 1. The molecule has 1 atom stereocenters. The maximum absolute atomic E-state index is 14.3. The molecule has 0 unspecified atom stereocenters. The average Bonchev–Trinajstić information content (AvgIpc) is 3.38. The lowest BCUT2D eigenvalue weighted by atomic mass is 9.95. The van der Waals surface area contributed by atoms with Crippen molar-refractivity contribution in [3.63, 3.8) is 0 Å². The Morgan fingerprint density at radius 2 is 1.71 bits per heavy atom. The zero-order valence-electron chi connectivity index (χ0n) is 28.2. The summed E-state index contributed by atoms with van der Waals surface area (Å²) in [4.78, 5) is 32.9. The Labute approximate surface area is 294 Å². The Balaban J connectivity index is 1.64. The summed E-state index contributed by atoms with van der Waals surface area (Å²) in [5.74, 6) is 1.65. The number of fused-ring (bicyclic) bond motifs is 1. The molecule has 11 heteroatoms. The molecule has 5 rings (SSSR count). The molecule has 0 aliphatic carbocycles. The Bertz CT molecular complexity index is 2060. The summed E-state index contributed by atoms with van der Waals surface area (Å²) in [5.41, 5.74) is 3.66. The number of benzene rings is 3. The molecule has 9 nitrogen and oxygen atoms in total. The van der Waals surface area contributed by atoms with Crippen LogP contribution in [0.1, 0.15) is 56.0 Å². The number of thiazole rings is 1. The molecular weight excluding hydrogens is 664 g/mol. The summed E-state index contributed by atoms with van der Waals surface area (Å²) in [7, 11) is 1.56. The average molecular weight is 703 g/mol. The number of esters is 1. The van der Waals surface area contributed by atoms with Crippen molar-refractivity contribution in [3.05, 3.63) is 125 Å². The van der Waals surface area contributed by atoms with Crippen molar-refractivity contribution in [1.82, 2.24) is 4.57 Å². The van der Waals surface area contributed by atoms with E-state index in [0.717, 1.165) is 16.7 Å². The van der Waals surface area contributed by atoms with Gasteiger partial charge in [-0.25, -0.2) is 9.79 Å². The van der Waals surface area contributed by atoms with Crippen LogP contribution < -0.4 is 33.8 Å². The van der Waals surface area contributed by atoms with Gasteiger partial charge in [0.05, 0.1) is 48.8 Å². The van der Waals surface area contributed by atoms with Crippen molar-refractivity contribution in [1.29, 1.82) is 0 Å². The third-order valence-electron chi connectivity index (χ3n) is 7.73. The predicted molar refractivity (Wildman–Crippen MR) is 192 cm³/mol. The lowest BCUT2D eigenvalue weighted by Gasteiger charge is -2.25. The molecule has 2 heterocycles. The molecule has 1 aliphatic rings. The van der Waals surface area contributed by atoms with Gasteiger partial charge in [0.25, 0.3) is 5.56 Å². The number of carbonyl (C=O) groups is 1. The first kappa shape index (κ1) is 35.5. The van der Waals surface area contributed by atoms with E-state index in [9.17, 15) is 9.59 Å². The number of rotatable bonds is 14. The van der Waals surface area contributed by atoms with Crippen molar-refractivity contribution in [3.8, 4) is 23.0 Å². The fraction of sp³-hybridized carbons (Fsp3) is 0.289.